The van der Waals surface area contributed by atoms with Crippen LogP contribution < -0.4 is 0 Å². The van der Waals surface area contributed by atoms with E-state index in [1.807, 2.05) is 11.1 Å². The number of rotatable bonds is 3. The minimum absolute atomic E-state index is 0.00436. The molecule has 3 fully saturated rings. The van der Waals surface area contributed by atoms with Gasteiger partial charge < -0.3 is 9.64 Å². The van der Waals surface area contributed by atoms with Gasteiger partial charge in [-0.3, -0.25) is 0 Å². The predicted octanol–water partition coefficient (Wildman–Crippen LogP) is 4.34. The summed E-state index contributed by atoms with van der Waals surface area (Å²) in [4.78, 5) is 14.8. The molecule has 0 aromatic carbocycles. The smallest absolute Gasteiger partial charge is 0.340 e. The molecule has 2 aliphatic carbocycles. The number of carbonyl (C=O) groups excluding carboxylic acids is 1. The van der Waals surface area contributed by atoms with E-state index in [0.717, 1.165) is 44.9 Å². The number of halogens is 2. The summed E-state index contributed by atoms with van der Waals surface area (Å²) < 4.78 is 19.5. The lowest BCUT2D eigenvalue weighted by atomic mass is 9.82. The van der Waals surface area contributed by atoms with Crippen molar-refractivity contribution in [2.75, 3.05) is 13.1 Å². The van der Waals surface area contributed by atoms with Gasteiger partial charge in [0.15, 0.2) is 0 Å². The van der Waals surface area contributed by atoms with E-state index in [0.29, 0.717) is 31.8 Å². The Bertz CT molecular complexity index is 568. The van der Waals surface area contributed by atoms with Crippen molar-refractivity contribution < 1.29 is 13.9 Å². The van der Waals surface area contributed by atoms with Gasteiger partial charge in [-0.15, -0.1) is 11.6 Å². The van der Waals surface area contributed by atoms with E-state index in [1.54, 1.807) is 5.01 Å². The molecule has 0 radical (unpaired) electrons. The Morgan fingerprint density at radius 2 is 1.81 bits per heavy atom. The molecule has 7 heteroatoms. The van der Waals surface area contributed by atoms with Crippen LogP contribution in [0.5, 0.6) is 0 Å². The fourth-order valence-corrected chi connectivity index (χ4v) is 5.39. The van der Waals surface area contributed by atoms with Crippen LogP contribution in [0.3, 0.4) is 0 Å². The van der Waals surface area contributed by atoms with Crippen molar-refractivity contribution in [2.45, 2.75) is 94.0 Å². The third-order valence-electron chi connectivity index (χ3n) is 6.68. The highest BCUT2D eigenvalue weighted by atomic mass is 35.5. The first kappa shape index (κ1) is 19.4. The summed E-state index contributed by atoms with van der Waals surface area (Å²) in [6.07, 6.45) is 9.14. The van der Waals surface area contributed by atoms with Crippen LogP contribution in [0.25, 0.3) is 0 Å². The fraction of sp³-hybridized carbons (Fsp3) is 0.900. The van der Waals surface area contributed by atoms with Gasteiger partial charge in [-0.05, 0) is 64.2 Å². The van der Waals surface area contributed by atoms with Crippen LogP contribution in [0.2, 0.25) is 0 Å². The first-order valence-corrected chi connectivity index (χ1v) is 10.9. The molecule has 0 spiro atoms. The van der Waals surface area contributed by atoms with Gasteiger partial charge in [0.25, 0.3) is 0 Å². The number of urea groups is 1. The zero-order valence-corrected chi connectivity index (χ0v) is 16.9. The van der Waals surface area contributed by atoms with Crippen molar-refractivity contribution in [1.82, 2.24) is 9.91 Å². The zero-order chi connectivity index (χ0) is 19.0. The van der Waals surface area contributed by atoms with Crippen LogP contribution in [0, 0.1) is 5.92 Å². The number of nitrogens with zero attached hydrogens (tertiary/aromatic N) is 3. The summed E-state index contributed by atoms with van der Waals surface area (Å²) in [5.74, 6) is 0.492. The molecule has 2 saturated carbocycles. The molecule has 0 N–H and O–H groups in total. The maximum atomic E-state index is 13.3. The van der Waals surface area contributed by atoms with Gasteiger partial charge in [0, 0.05) is 18.0 Å². The van der Waals surface area contributed by atoms with Crippen LogP contribution in [-0.4, -0.2) is 64.5 Å². The van der Waals surface area contributed by atoms with Crippen molar-refractivity contribution in [2.24, 2.45) is 11.0 Å². The Morgan fingerprint density at radius 3 is 2.48 bits per heavy atom. The van der Waals surface area contributed by atoms with E-state index < -0.39 is 6.17 Å². The molecule has 1 saturated heterocycles. The zero-order valence-electron chi connectivity index (χ0n) is 16.2. The van der Waals surface area contributed by atoms with Gasteiger partial charge in [-0.2, -0.15) is 5.10 Å². The number of carbonyl (C=O) groups is 1. The first-order chi connectivity index (χ1) is 12.9. The summed E-state index contributed by atoms with van der Waals surface area (Å²) in [5, 5.41) is 6.37. The second kappa shape index (κ2) is 7.86. The molecule has 1 atom stereocenters. The number of ether oxygens (including phenoxy) is 1. The van der Waals surface area contributed by atoms with Crippen molar-refractivity contribution in [3.63, 3.8) is 0 Å². The molecule has 0 aromatic rings. The predicted molar refractivity (Wildman–Crippen MR) is 104 cm³/mol. The molecule has 2 heterocycles. The Morgan fingerprint density at radius 1 is 1.15 bits per heavy atom. The van der Waals surface area contributed by atoms with Gasteiger partial charge in [0.1, 0.15) is 11.8 Å². The molecule has 2 amide bonds. The van der Waals surface area contributed by atoms with Crippen molar-refractivity contribution in [3.8, 4) is 0 Å². The highest BCUT2D eigenvalue weighted by Crippen LogP contribution is 2.37. The average Bonchev–Trinajstić information content (AvgIpc) is 3.11. The molecule has 4 aliphatic rings. The average molecular weight is 400 g/mol. The SMILES string of the molecule is CC1(OC2CCC(F)CC2)CN(C(=O)N2N=CC[C@H]2C2CCC(Cl)CC2)C1. The summed E-state index contributed by atoms with van der Waals surface area (Å²) in [6.45, 7) is 3.24. The number of amides is 2. The van der Waals surface area contributed by atoms with Crippen LogP contribution >= 0.6 is 11.6 Å². The lowest BCUT2D eigenvalue weighted by molar-refractivity contribution is -0.161. The molecule has 5 nitrogen and oxygen atoms in total. The van der Waals surface area contributed by atoms with Crippen molar-refractivity contribution >= 4 is 23.8 Å². The molecular weight excluding hydrogens is 369 g/mol. The van der Waals surface area contributed by atoms with Crippen molar-refractivity contribution in [3.05, 3.63) is 0 Å². The third kappa shape index (κ3) is 4.26. The summed E-state index contributed by atoms with van der Waals surface area (Å²) in [7, 11) is 0. The summed E-state index contributed by atoms with van der Waals surface area (Å²) in [6, 6.07) is 0.171. The van der Waals surface area contributed by atoms with Crippen LogP contribution in [0.4, 0.5) is 9.18 Å². The quantitative estimate of drug-likeness (QED) is 0.663. The van der Waals surface area contributed by atoms with Gasteiger partial charge >= 0.3 is 6.03 Å². The Labute approximate surface area is 166 Å². The topological polar surface area (TPSA) is 45.1 Å². The van der Waals surface area contributed by atoms with Gasteiger partial charge in [0.2, 0.25) is 0 Å². The number of alkyl halides is 2. The van der Waals surface area contributed by atoms with E-state index in [-0.39, 0.29) is 29.2 Å². The molecule has 0 unspecified atom stereocenters. The Balaban J connectivity index is 1.28. The van der Waals surface area contributed by atoms with Crippen LogP contribution in [-0.2, 0) is 4.74 Å². The van der Waals surface area contributed by atoms with E-state index >= 15 is 0 Å². The normalized spacial score (nSPS) is 38.7. The first-order valence-electron chi connectivity index (χ1n) is 10.5. The highest BCUT2D eigenvalue weighted by molar-refractivity contribution is 6.20. The molecule has 0 aromatic heterocycles. The lowest BCUT2D eigenvalue weighted by Gasteiger charge is -2.50. The summed E-state index contributed by atoms with van der Waals surface area (Å²) >= 11 is 6.23. The monoisotopic (exact) mass is 399 g/mol. The van der Waals surface area contributed by atoms with E-state index in [4.69, 9.17) is 16.3 Å². The van der Waals surface area contributed by atoms with Gasteiger partial charge in [-0.25, -0.2) is 14.2 Å². The van der Waals surface area contributed by atoms with Gasteiger partial charge in [-0.1, -0.05) is 0 Å². The molecule has 2 aliphatic heterocycles. The number of hydrazone groups is 1. The third-order valence-corrected chi connectivity index (χ3v) is 7.12. The molecule has 0 bridgehead atoms. The maximum Gasteiger partial charge on any atom is 0.340 e. The Kier molecular flexibility index (Phi) is 5.66. The van der Waals surface area contributed by atoms with Crippen LogP contribution in [0.1, 0.15) is 64.7 Å². The Hall–Kier alpha value is -0.880. The highest BCUT2D eigenvalue weighted by Gasteiger charge is 2.47. The van der Waals surface area contributed by atoms with Crippen LogP contribution in [0.15, 0.2) is 5.10 Å². The van der Waals surface area contributed by atoms with Gasteiger partial charge in [0.05, 0.1) is 25.2 Å². The fourth-order valence-electron chi connectivity index (χ4n) is 5.13. The van der Waals surface area contributed by atoms with E-state index in [1.165, 1.54) is 0 Å². The number of likely N-dealkylation sites (tertiary alicyclic amines) is 1. The van der Waals surface area contributed by atoms with Crippen molar-refractivity contribution in [1.29, 1.82) is 0 Å². The molecule has 4 rings (SSSR count). The van der Waals surface area contributed by atoms with E-state index in [9.17, 15) is 9.18 Å². The minimum Gasteiger partial charge on any atom is -0.368 e. The standard InChI is InChI=1S/C20H31ClFN3O2/c1-20(27-17-8-6-16(22)7-9-17)12-24(13-20)19(26)25-18(10-11-23-25)14-2-4-15(21)5-3-14/h11,14-18H,2-10,12-13H2,1H3/t14?,15?,16?,17?,18-/m0/s1. The second-order valence-corrected chi connectivity index (χ2v) is 9.66. The lowest BCUT2D eigenvalue weighted by Crippen LogP contribution is -2.66. The number of hydrogen-bond acceptors (Lipinski definition) is 3. The largest absolute Gasteiger partial charge is 0.368 e. The second-order valence-electron chi connectivity index (χ2n) is 9.04. The molecule has 152 valence electrons. The molecular formula is C20H31ClFN3O2. The number of hydrogen-bond donors (Lipinski definition) is 0. The summed E-state index contributed by atoms with van der Waals surface area (Å²) in [5.41, 5.74) is -0.306. The van der Waals surface area contributed by atoms with E-state index in [2.05, 4.69) is 12.0 Å². The minimum atomic E-state index is -0.670. The molecule has 27 heavy (non-hydrogen) atoms. The maximum absolute atomic E-state index is 13.3.